The van der Waals surface area contributed by atoms with Crippen molar-refractivity contribution in [2.75, 3.05) is 0 Å². The Morgan fingerprint density at radius 1 is 1.24 bits per heavy atom. The first-order chi connectivity index (χ1) is 7.88. The number of aryl methyl sites for hydroxylation is 1. The van der Waals surface area contributed by atoms with Crippen molar-refractivity contribution in [3.63, 3.8) is 0 Å². The van der Waals surface area contributed by atoms with Gasteiger partial charge in [0.1, 0.15) is 22.1 Å². The van der Waals surface area contributed by atoms with Crippen molar-refractivity contribution in [1.29, 1.82) is 0 Å². The molecule has 4 nitrogen and oxygen atoms in total. The summed E-state index contributed by atoms with van der Waals surface area (Å²) in [6.45, 7) is 8.24. The molecule has 0 amide bonds. The van der Waals surface area contributed by atoms with Crippen molar-refractivity contribution in [2.45, 2.75) is 33.1 Å². The molecule has 0 fully saturated rings. The van der Waals surface area contributed by atoms with Gasteiger partial charge in [-0.3, -0.25) is 4.57 Å². The summed E-state index contributed by atoms with van der Waals surface area (Å²) in [4.78, 5) is 13.2. The van der Waals surface area contributed by atoms with Gasteiger partial charge in [-0.1, -0.05) is 20.8 Å². The molecule has 0 spiro atoms. The van der Waals surface area contributed by atoms with Crippen LogP contribution in [0.2, 0.25) is 0 Å². The topological polar surface area (TPSA) is 43.6 Å². The Hall–Kier alpha value is -1.23. The second-order valence-corrected chi connectivity index (χ2v) is 5.78. The first-order valence-corrected chi connectivity index (χ1v) is 6.22. The van der Waals surface area contributed by atoms with Crippen molar-refractivity contribution in [3.05, 3.63) is 34.7 Å². The number of nitrogens with zero attached hydrogens (tertiary/aromatic N) is 4. The van der Waals surface area contributed by atoms with Crippen LogP contribution in [0.4, 0.5) is 0 Å². The first kappa shape index (κ1) is 12.2. The van der Waals surface area contributed by atoms with Gasteiger partial charge in [0.15, 0.2) is 0 Å². The van der Waals surface area contributed by atoms with E-state index < -0.39 is 0 Å². The lowest BCUT2D eigenvalue weighted by Crippen LogP contribution is -2.17. The van der Waals surface area contributed by atoms with Crippen LogP contribution in [0.25, 0.3) is 5.82 Å². The molecule has 0 atom stereocenters. The smallest absolute Gasteiger partial charge is 0.142 e. The number of halogens is 1. The fraction of sp³-hybridized carbons (Fsp3) is 0.417. The summed E-state index contributed by atoms with van der Waals surface area (Å²) in [6.07, 6.45) is 3.67. The number of aromatic nitrogens is 4. The van der Waals surface area contributed by atoms with E-state index in [9.17, 15) is 0 Å². The number of hydrogen-bond acceptors (Lipinski definition) is 3. The van der Waals surface area contributed by atoms with Crippen LogP contribution >= 0.6 is 15.9 Å². The Balaban J connectivity index is 2.57. The minimum absolute atomic E-state index is 0.0764. The molecule has 0 aromatic carbocycles. The summed E-state index contributed by atoms with van der Waals surface area (Å²) in [5.41, 5.74) is -0.0764. The predicted octanol–water partition coefficient (Wildman–Crippen LogP) is 3.03. The maximum absolute atomic E-state index is 4.59. The van der Waals surface area contributed by atoms with Crippen LogP contribution in [0.3, 0.4) is 0 Å². The third kappa shape index (κ3) is 2.54. The van der Waals surface area contributed by atoms with Gasteiger partial charge in [0.25, 0.3) is 0 Å². The largest absolute Gasteiger partial charge is 0.288 e. The predicted molar refractivity (Wildman–Crippen MR) is 70.3 cm³/mol. The van der Waals surface area contributed by atoms with E-state index >= 15 is 0 Å². The highest BCUT2D eigenvalue weighted by Gasteiger charge is 2.19. The third-order valence-electron chi connectivity index (χ3n) is 2.42. The second-order valence-electron chi connectivity index (χ2n) is 4.97. The molecular formula is C12H15BrN4. The molecule has 2 heterocycles. The van der Waals surface area contributed by atoms with Gasteiger partial charge in [0.05, 0.1) is 0 Å². The maximum atomic E-state index is 4.59. The van der Waals surface area contributed by atoms with Crippen LogP contribution in [-0.2, 0) is 5.41 Å². The monoisotopic (exact) mass is 294 g/mol. The summed E-state index contributed by atoms with van der Waals surface area (Å²) >= 11 is 3.43. The quantitative estimate of drug-likeness (QED) is 0.760. The van der Waals surface area contributed by atoms with E-state index in [-0.39, 0.29) is 5.41 Å². The van der Waals surface area contributed by atoms with Crippen LogP contribution in [0.5, 0.6) is 0 Å². The molecule has 0 radical (unpaired) electrons. The van der Waals surface area contributed by atoms with Gasteiger partial charge in [-0.2, -0.15) is 0 Å². The molecule has 0 bridgehead atoms. The zero-order chi connectivity index (χ0) is 12.6. The van der Waals surface area contributed by atoms with E-state index in [0.717, 1.165) is 22.1 Å². The Bertz CT molecular complexity index is 540. The standard InChI is InChI=1S/C12H15BrN4/c1-8-14-5-6-17(8)10-7-9(13)15-11(16-10)12(2,3)4/h5-7H,1-4H3. The van der Waals surface area contributed by atoms with Crippen molar-refractivity contribution < 1.29 is 0 Å². The van der Waals surface area contributed by atoms with E-state index in [1.165, 1.54) is 0 Å². The number of rotatable bonds is 1. The molecule has 0 unspecified atom stereocenters. The molecule has 0 aliphatic heterocycles. The molecule has 2 rings (SSSR count). The molecule has 0 N–H and O–H groups in total. The van der Waals surface area contributed by atoms with Crippen LogP contribution in [0.15, 0.2) is 23.1 Å². The molecule has 2 aromatic heterocycles. The van der Waals surface area contributed by atoms with Gasteiger partial charge < -0.3 is 0 Å². The molecule has 90 valence electrons. The molecule has 0 saturated carbocycles. The van der Waals surface area contributed by atoms with E-state index in [1.807, 2.05) is 23.8 Å². The normalized spacial score (nSPS) is 11.8. The minimum atomic E-state index is -0.0764. The Morgan fingerprint density at radius 3 is 2.47 bits per heavy atom. The Kier molecular flexibility index (Phi) is 3.03. The number of imidazole rings is 1. The fourth-order valence-electron chi connectivity index (χ4n) is 1.48. The average molecular weight is 295 g/mol. The van der Waals surface area contributed by atoms with Crippen LogP contribution < -0.4 is 0 Å². The summed E-state index contributed by atoms with van der Waals surface area (Å²) in [7, 11) is 0. The lowest BCUT2D eigenvalue weighted by molar-refractivity contribution is 0.541. The van der Waals surface area contributed by atoms with Gasteiger partial charge in [-0.15, -0.1) is 0 Å². The first-order valence-electron chi connectivity index (χ1n) is 5.43. The maximum Gasteiger partial charge on any atom is 0.142 e. The second kappa shape index (κ2) is 4.22. The van der Waals surface area contributed by atoms with E-state index in [1.54, 1.807) is 6.20 Å². The zero-order valence-electron chi connectivity index (χ0n) is 10.4. The molecule has 17 heavy (non-hydrogen) atoms. The average Bonchev–Trinajstić information content (AvgIpc) is 2.62. The lowest BCUT2D eigenvalue weighted by Gasteiger charge is -2.17. The minimum Gasteiger partial charge on any atom is -0.288 e. The van der Waals surface area contributed by atoms with E-state index in [0.29, 0.717) is 0 Å². The summed E-state index contributed by atoms with van der Waals surface area (Å²) in [5, 5.41) is 0. The number of hydrogen-bond donors (Lipinski definition) is 0. The van der Waals surface area contributed by atoms with E-state index in [2.05, 4.69) is 51.7 Å². The third-order valence-corrected chi connectivity index (χ3v) is 2.83. The highest BCUT2D eigenvalue weighted by atomic mass is 79.9. The highest BCUT2D eigenvalue weighted by molar-refractivity contribution is 9.10. The van der Waals surface area contributed by atoms with Crippen LogP contribution in [0, 0.1) is 6.92 Å². The molecular weight excluding hydrogens is 280 g/mol. The summed E-state index contributed by atoms with van der Waals surface area (Å²) in [6, 6.07) is 1.89. The van der Waals surface area contributed by atoms with Crippen molar-refractivity contribution in [1.82, 2.24) is 19.5 Å². The van der Waals surface area contributed by atoms with Gasteiger partial charge >= 0.3 is 0 Å². The SMILES string of the molecule is Cc1nccn1-c1cc(Br)nc(C(C)(C)C)n1. The molecule has 5 heteroatoms. The van der Waals surface area contributed by atoms with E-state index in [4.69, 9.17) is 0 Å². The van der Waals surface area contributed by atoms with Crippen LogP contribution in [0.1, 0.15) is 32.4 Å². The lowest BCUT2D eigenvalue weighted by atomic mass is 9.96. The molecule has 0 saturated heterocycles. The summed E-state index contributed by atoms with van der Waals surface area (Å²) < 4.78 is 2.74. The van der Waals surface area contributed by atoms with Gasteiger partial charge in [0.2, 0.25) is 0 Å². The Morgan fingerprint density at radius 2 is 1.94 bits per heavy atom. The molecule has 2 aromatic rings. The molecule has 0 aliphatic rings. The van der Waals surface area contributed by atoms with Crippen molar-refractivity contribution >= 4 is 15.9 Å². The van der Waals surface area contributed by atoms with Crippen molar-refractivity contribution in [3.8, 4) is 5.82 Å². The zero-order valence-corrected chi connectivity index (χ0v) is 12.0. The van der Waals surface area contributed by atoms with Gasteiger partial charge in [0, 0.05) is 23.9 Å². The highest BCUT2D eigenvalue weighted by Crippen LogP contribution is 2.22. The fourth-order valence-corrected chi connectivity index (χ4v) is 1.86. The van der Waals surface area contributed by atoms with Gasteiger partial charge in [-0.05, 0) is 22.9 Å². The van der Waals surface area contributed by atoms with Crippen LogP contribution in [-0.4, -0.2) is 19.5 Å². The molecule has 0 aliphatic carbocycles. The van der Waals surface area contributed by atoms with Crippen molar-refractivity contribution in [2.24, 2.45) is 0 Å². The summed E-state index contributed by atoms with van der Waals surface area (Å²) in [5.74, 6) is 2.57. The Labute approximate surface area is 109 Å². The van der Waals surface area contributed by atoms with Gasteiger partial charge in [-0.25, -0.2) is 15.0 Å².